The minimum Gasteiger partial charge on any atom is -0.507 e. The van der Waals surface area contributed by atoms with Crippen LogP contribution in [0.15, 0.2) is 49.7 Å². The summed E-state index contributed by atoms with van der Waals surface area (Å²) in [4.78, 5) is 47.0. The number of ether oxygens (including phenoxy) is 1. The summed E-state index contributed by atoms with van der Waals surface area (Å²) in [6, 6.07) is 8.74. The number of fused-ring (bicyclic) bond motifs is 4. The smallest absolute Gasteiger partial charge is 0.291 e. The van der Waals surface area contributed by atoms with Crippen molar-refractivity contribution in [3.8, 4) is 5.75 Å². The minimum absolute atomic E-state index is 0.0158. The van der Waals surface area contributed by atoms with Gasteiger partial charge in [-0.15, -0.1) is 0 Å². The number of nitrogens with zero attached hydrogens (tertiary/aromatic N) is 2. The Kier molecular flexibility index (Phi) is 9.25. The van der Waals surface area contributed by atoms with Crippen LogP contribution in [0.25, 0.3) is 5.76 Å². The third-order valence-corrected chi connectivity index (χ3v) is 16.2. The summed E-state index contributed by atoms with van der Waals surface area (Å²) in [5.74, 6) is -3.56. The van der Waals surface area contributed by atoms with Gasteiger partial charge in [-0.1, -0.05) is 51.1 Å². The quantitative estimate of drug-likeness (QED) is 0.188. The predicted octanol–water partition coefficient (Wildman–Crippen LogP) is 6.80. The van der Waals surface area contributed by atoms with E-state index in [9.17, 15) is 14.7 Å². The van der Waals surface area contributed by atoms with E-state index in [0.29, 0.717) is 10.0 Å². The van der Waals surface area contributed by atoms with Crippen molar-refractivity contribution in [3.63, 3.8) is 0 Å². The predicted molar refractivity (Wildman–Crippen MR) is 193 cm³/mol. The van der Waals surface area contributed by atoms with Gasteiger partial charge in [0.15, 0.2) is 19.7 Å². The van der Waals surface area contributed by atoms with Gasteiger partial charge >= 0.3 is 0 Å². The summed E-state index contributed by atoms with van der Waals surface area (Å²) < 4.78 is 36.0. The molecule has 3 aromatic rings. The standard InChI is InChI=1S/C37H45BrFN3O7Si/c1-36(2,3)50(8,9)49-37-23(29(42(6)7)32-26(34(37)45)35(46)40-48-32)16-20-15-21-25(30(43)24(20)33(37)44)31(47-18-19-13-11-10-12-14-19)27(38)22(28(21)39)17-41(4)5/h10-14,20,23,29,43H,15-18H2,1-9H3,(H,40,46)/t20-,23-,29-,37-/m0/s1. The second kappa shape index (κ2) is 12.7. The first-order valence-corrected chi connectivity index (χ1v) is 20.5. The van der Waals surface area contributed by atoms with Crippen LogP contribution in [0.3, 0.4) is 0 Å². The van der Waals surface area contributed by atoms with E-state index < -0.39 is 65.5 Å². The zero-order valence-corrected chi connectivity index (χ0v) is 32.6. The van der Waals surface area contributed by atoms with Gasteiger partial charge in [-0.05, 0) is 86.6 Å². The van der Waals surface area contributed by atoms with Crippen molar-refractivity contribution >= 4 is 41.6 Å². The normalized spacial score (nSPS) is 23.6. The number of Topliss-reactive ketones (excluding diaryl/α,β-unsaturated/α-hetero) is 2. The van der Waals surface area contributed by atoms with Gasteiger partial charge in [0.2, 0.25) is 11.6 Å². The summed E-state index contributed by atoms with van der Waals surface area (Å²) in [6.45, 7) is 10.3. The summed E-state index contributed by atoms with van der Waals surface area (Å²) in [7, 11) is 4.32. The highest BCUT2D eigenvalue weighted by Crippen LogP contribution is 2.58. The molecule has 1 heterocycles. The Balaban J connectivity index is 1.61. The van der Waals surface area contributed by atoms with E-state index >= 15 is 9.18 Å². The first-order chi connectivity index (χ1) is 23.3. The van der Waals surface area contributed by atoms with Crippen molar-refractivity contribution < 1.29 is 32.8 Å². The molecule has 2 aromatic carbocycles. The molecule has 0 radical (unpaired) electrons. The van der Waals surface area contributed by atoms with Crippen molar-refractivity contribution in [2.45, 2.75) is 76.5 Å². The largest absolute Gasteiger partial charge is 0.507 e. The highest BCUT2D eigenvalue weighted by Gasteiger charge is 2.68. The molecular formula is C37H45BrFN3O7Si. The lowest BCUT2D eigenvalue weighted by Gasteiger charge is -2.55. The van der Waals surface area contributed by atoms with Crippen molar-refractivity contribution in [2.24, 2.45) is 11.8 Å². The Morgan fingerprint density at radius 2 is 1.74 bits per heavy atom. The number of carbonyl (C=O) groups excluding carboxylic acids is 2. The van der Waals surface area contributed by atoms with E-state index in [1.165, 1.54) is 0 Å². The van der Waals surface area contributed by atoms with Crippen molar-refractivity contribution in [2.75, 3.05) is 28.2 Å². The third-order valence-electron chi connectivity index (χ3n) is 10.9. The SMILES string of the molecule is CN(C)Cc1c(F)c2c(c(OCc3ccccc3)c1Br)C(O)=C1C(=O)[C@]3(O[Si](C)(C)C(C)(C)C)C(=O)c4c(o[nH]c4=O)[C@@H](N(C)C)[C@@H]3C[C@@H]1C2. The molecule has 2 N–H and O–H groups in total. The van der Waals surface area contributed by atoms with Crippen molar-refractivity contribution in [1.29, 1.82) is 0 Å². The summed E-state index contributed by atoms with van der Waals surface area (Å²) in [6.07, 6.45) is 0.257. The summed E-state index contributed by atoms with van der Waals surface area (Å²) >= 11 is 3.59. The van der Waals surface area contributed by atoms with Crippen LogP contribution in [0.1, 0.15) is 71.6 Å². The Morgan fingerprint density at radius 1 is 1.08 bits per heavy atom. The fourth-order valence-corrected chi connectivity index (χ4v) is 9.65. The van der Waals surface area contributed by atoms with Gasteiger partial charge in [0.1, 0.15) is 29.5 Å². The van der Waals surface area contributed by atoms with E-state index in [0.717, 1.165) is 5.56 Å². The molecule has 3 aliphatic carbocycles. The van der Waals surface area contributed by atoms with Crippen LogP contribution in [0.2, 0.25) is 18.1 Å². The van der Waals surface area contributed by atoms with Gasteiger partial charge in [0.05, 0.1) is 16.1 Å². The van der Waals surface area contributed by atoms with Crippen LogP contribution < -0.4 is 10.3 Å². The maximum absolute atomic E-state index is 16.7. The molecule has 0 bridgehead atoms. The maximum atomic E-state index is 16.7. The molecule has 0 unspecified atom stereocenters. The molecule has 1 aromatic heterocycles. The first-order valence-electron chi connectivity index (χ1n) is 16.8. The number of ketones is 2. The van der Waals surface area contributed by atoms with Gasteiger partial charge in [-0.2, -0.15) is 5.16 Å². The minimum atomic E-state index is -2.93. The Bertz CT molecular complexity index is 1960. The van der Waals surface area contributed by atoms with E-state index in [2.05, 4.69) is 21.1 Å². The third kappa shape index (κ3) is 5.56. The highest BCUT2D eigenvalue weighted by molar-refractivity contribution is 9.10. The number of aliphatic hydroxyl groups is 1. The second-order valence-electron chi connectivity index (χ2n) is 15.7. The van der Waals surface area contributed by atoms with Gasteiger partial charge in [-0.3, -0.25) is 19.3 Å². The van der Waals surface area contributed by atoms with Crippen LogP contribution in [-0.2, 0) is 28.8 Å². The molecule has 268 valence electrons. The maximum Gasteiger partial charge on any atom is 0.291 e. The number of H-pyrrole nitrogens is 1. The van der Waals surface area contributed by atoms with Gasteiger partial charge in [0.25, 0.3) is 5.56 Å². The summed E-state index contributed by atoms with van der Waals surface area (Å²) in [5.41, 5.74) is -1.62. The number of hydrogen-bond acceptors (Lipinski definition) is 9. The van der Waals surface area contributed by atoms with Crippen LogP contribution in [0, 0.1) is 17.7 Å². The monoisotopic (exact) mass is 769 g/mol. The van der Waals surface area contributed by atoms with Crippen LogP contribution in [-0.4, -0.2) is 73.7 Å². The number of nitrogens with one attached hydrogen (secondary N) is 1. The Morgan fingerprint density at radius 3 is 2.34 bits per heavy atom. The molecule has 0 saturated heterocycles. The van der Waals surface area contributed by atoms with E-state index in [4.69, 9.17) is 13.7 Å². The molecule has 0 spiro atoms. The number of rotatable bonds is 8. The Labute approximate surface area is 300 Å². The average Bonchev–Trinajstić information content (AvgIpc) is 3.41. The number of halogens is 2. The zero-order chi connectivity index (χ0) is 36.7. The number of carbonyl (C=O) groups is 2. The lowest BCUT2D eigenvalue weighted by molar-refractivity contribution is -0.140. The topological polar surface area (TPSA) is 125 Å². The van der Waals surface area contributed by atoms with Crippen molar-refractivity contribution in [1.82, 2.24) is 15.0 Å². The number of aliphatic hydroxyl groups excluding tert-OH is 1. The fraction of sp³-hybridized carbons (Fsp3) is 0.486. The lowest BCUT2D eigenvalue weighted by Crippen LogP contribution is -2.68. The number of aromatic nitrogens is 1. The second-order valence-corrected chi connectivity index (χ2v) is 21.3. The summed E-state index contributed by atoms with van der Waals surface area (Å²) in [5, 5.41) is 14.2. The van der Waals surface area contributed by atoms with E-state index in [-0.39, 0.29) is 59.8 Å². The van der Waals surface area contributed by atoms with E-state index in [1.54, 1.807) is 14.1 Å². The highest BCUT2D eigenvalue weighted by atomic mass is 79.9. The molecule has 50 heavy (non-hydrogen) atoms. The molecule has 0 amide bonds. The number of benzene rings is 2. The zero-order valence-electron chi connectivity index (χ0n) is 30.0. The first kappa shape index (κ1) is 36.4. The van der Waals surface area contributed by atoms with Crippen LogP contribution >= 0.6 is 15.9 Å². The molecule has 13 heteroatoms. The van der Waals surface area contributed by atoms with Gasteiger partial charge in [-0.25, -0.2) is 4.39 Å². The molecule has 0 aliphatic heterocycles. The molecule has 6 rings (SSSR count). The van der Waals surface area contributed by atoms with E-state index in [1.807, 2.05) is 88.1 Å². The molecule has 1 fully saturated rings. The molecule has 1 saturated carbocycles. The molecular weight excluding hydrogens is 725 g/mol. The number of hydrogen-bond donors (Lipinski definition) is 2. The lowest BCUT2D eigenvalue weighted by atomic mass is 9.57. The number of aromatic amines is 1. The van der Waals surface area contributed by atoms with Gasteiger partial charge in [0, 0.05) is 29.2 Å². The van der Waals surface area contributed by atoms with Gasteiger partial charge < -0.3 is 23.7 Å². The molecule has 10 nitrogen and oxygen atoms in total. The fourth-order valence-electron chi connectivity index (χ4n) is 7.59. The Hall–Kier alpha value is -3.36. The van der Waals surface area contributed by atoms with Crippen LogP contribution in [0.5, 0.6) is 5.75 Å². The molecule has 3 aliphatic rings. The average molecular weight is 771 g/mol. The van der Waals surface area contributed by atoms with Crippen LogP contribution in [0.4, 0.5) is 4.39 Å². The van der Waals surface area contributed by atoms with Crippen molar-refractivity contribution in [3.05, 3.63) is 90.1 Å². The molecule has 4 atom stereocenters.